The van der Waals surface area contributed by atoms with Gasteiger partial charge < -0.3 is 14.2 Å². The minimum absolute atomic E-state index is 0.00990. The molecule has 0 aliphatic carbocycles. The summed E-state index contributed by atoms with van der Waals surface area (Å²) in [5, 5.41) is -0.999. The van der Waals surface area contributed by atoms with Crippen molar-refractivity contribution in [1.82, 2.24) is 0 Å². The molecule has 2 aromatic rings. The summed E-state index contributed by atoms with van der Waals surface area (Å²) >= 11 is 5.88. The molecule has 0 saturated heterocycles. The molecule has 0 amide bonds. The van der Waals surface area contributed by atoms with Gasteiger partial charge in [0.2, 0.25) is 0 Å². The van der Waals surface area contributed by atoms with Gasteiger partial charge in [0.15, 0.2) is 21.4 Å². The van der Waals surface area contributed by atoms with Crippen molar-refractivity contribution in [3.8, 4) is 5.75 Å². The first-order valence-electron chi connectivity index (χ1n) is 10.1. The molecule has 1 aliphatic heterocycles. The summed E-state index contributed by atoms with van der Waals surface area (Å²) in [7, 11) is -4.09. The van der Waals surface area contributed by atoms with E-state index in [9.17, 15) is 17.2 Å². The molecule has 2 atom stereocenters. The van der Waals surface area contributed by atoms with Crippen molar-refractivity contribution in [3.05, 3.63) is 58.6 Å². The van der Waals surface area contributed by atoms with Crippen molar-refractivity contribution in [1.29, 1.82) is 0 Å². The molecule has 0 spiro atoms. The first kappa shape index (κ1) is 23.9. The summed E-state index contributed by atoms with van der Waals surface area (Å²) in [6, 6.07) is 7.41. The van der Waals surface area contributed by atoms with Crippen LogP contribution in [0.2, 0.25) is 5.02 Å². The highest BCUT2D eigenvalue weighted by Gasteiger charge is 2.44. The van der Waals surface area contributed by atoms with Gasteiger partial charge >= 0.3 is 0 Å². The Labute approximate surface area is 186 Å². The van der Waals surface area contributed by atoms with Crippen LogP contribution in [0, 0.1) is 17.6 Å². The smallest absolute Gasteiger partial charge is 0.186 e. The van der Waals surface area contributed by atoms with E-state index in [0.717, 1.165) is 25.0 Å². The molecule has 0 fully saturated rings. The lowest BCUT2D eigenvalue weighted by molar-refractivity contribution is 0.0202. The molecule has 0 N–H and O–H groups in total. The fourth-order valence-corrected chi connectivity index (χ4v) is 5.62. The molecule has 2 aromatic carbocycles. The fourth-order valence-electron chi connectivity index (χ4n) is 3.49. The molecule has 1 heterocycles. The third kappa shape index (κ3) is 5.55. The topological polar surface area (TPSA) is 61.8 Å². The van der Waals surface area contributed by atoms with E-state index in [-0.39, 0.29) is 36.0 Å². The predicted octanol–water partition coefficient (Wildman–Crippen LogP) is 4.98. The zero-order valence-electron chi connectivity index (χ0n) is 17.2. The van der Waals surface area contributed by atoms with Crippen LogP contribution in [0.25, 0.3) is 0 Å². The van der Waals surface area contributed by atoms with E-state index in [4.69, 9.17) is 25.8 Å². The number of ether oxygens (including phenoxy) is 3. The Morgan fingerprint density at radius 2 is 1.71 bits per heavy atom. The zero-order valence-corrected chi connectivity index (χ0v) is 18.7. The molecule has 0 radical (unpaired) electrons. The molecule has 0 aromatic heterocycles. The second-order valence-corrected chi connectivity index (χ2v) is 9.81. The van der Waals surface area contributed by atoms with Gasteiger partial charge in [-0.25, -0.2) is 17.2 Å². The number of unbranched alkanes of at least 4 members (excludes halogenated alkanes) is 1. The maximum absolute atomic E-state index is 14.8. The number of rotatable bonds is 10. The van der Waals surface area contributed by atoms with E-state index in [0.29, 0.717) is 18.2 Å². The largest absolute Gasteiger partial charge is 0.490 e. The van der Waals surface area contributed by atoms with E-state index < -0.39 is 32.6 Å². The van der Waals surface area contributed by atoms with Crippen LogP contribution in [0.4, 0.5) is 8.78 Å². The van der Waals surface area contributed by atoms with Crippen LogP contribution < -0.4 is 4.74 Å². The third-order valence-corrected chi connectivity index (χ3v) is 7.54. The number of benzene rings is 2. The summed E-state index contributed by atoms with van der Waals surface area (Å²) in [6.45, 7) is 3.17. The quantitative estimate of drug-likeness (QED) is 0.455. The van der Waals surface area contributed by atoms with Gasteiger partial charge in [0, 0.05) is 17.5 Å². The Hall–Kier alpha value is -1.74. The third-order valence-electron chi connectivity index (χ3n) is 5.07. The summed E-state index contributed by atoms with van der Waals surface area (Å²) in [4.78, 5) is -0.0358. The Kier molecular flexibility index (Phi) is 8.27. The van der Waals surface area contributed by atoms with Gasteiger partial charge in [-0.2, -0.15) is 0 Å². The van der Waals surface area contributed by atoms with Crippen LogP contribution in [0.15, 0.2) is 41.3 Å². The van der Waals surface area contributed by atoms with Crippen molar-refractivity contribution in [3.63, 3.8) is 0 Å². The van der Waals surface area contributed by atoms with Crippen LogP contribution in [-0.2, 0) is 19.3 Å². The Balaban J connectivity index is 1.87. The number of sulfone groups is 1. The molecule has 0 saturated carbocycles. The molecule has 170 valence electrons. The lowest BCUT2D eigenvalue weighted by atomic mass is 9.96. The van der Waals surface area contributed by atoms with Crippen molar-refractivity contribution >= 4 is 21.4 Å². The van der Waals surface area contributed by atoms with Gasteiger partial charge in [0.25, 0.3) is 0 Å². The minimum Gasteiger partial charge on any atom is -0.490 e. The van der Waals surface area contributed by atoms with E-state index in [1.165, 1.54) is 24.3 Å². The van der Waals surface area contributed by atoms with Crippen LogP contribution in [-0.4, -0.2) is 41.5 Å². The second kappa shape index (κ2) is 10.7. The monoisotopic (exact) mass is 474 g/mol. The minimum atomic E-state index is -4.09. The lowest BCUT2D eigenvalue weighted by Gasteiger charge is -2.33. The Morgan fingerprint density at radius 3 is 2.42 bits per heavy atom. The summed E-state index contributed by atoms with van der Waals surface area (Å²) in [6.07, 6.45) is 1.96. The van der Waals surface area contributed by atoms with Crippen molar-refractivity contribution < 1.29 is 31.4 Å². The molecular formula is C22H25ClF2O5S. The molecule has 5 nitrogen and oxygen atoms in total. The van der Waals surface area contributed by atoms with E-state index in [1.807, 2.05) is 0 Å². The first-order chi connectivity index (χ1) is 14.9. The van der Waals surface area contributed by atoms with Crippen LogP contribution in [0.5, 0.6) is 5.75 Å². The van der Waals surface area contributed by atoms with Crippen LogP contribution >= 0.6 is 11.6 Å². The first-order valence-corrected chi connectivity index (χ1v) is 12.0. The summed E-state index contributed by atoms with van der Waals surface area (Å²) in [5.74, 6) is -2.76. The Morgan fingerprint density at radius 1 is 1.03 bits per heavy atom. The van der Waals surface area contributed by atoms with Crippen LogP contribution in [0.3, 0.4) is 0 Å². The standard InChI is InChI=1S/C22H25ClF2O5S/c1-2-3-10-28-11-12-29-13-15-14-30-21-19(25)9-8-18(24)20(21)22(15)31(26,27)17-6-4-16(23)5-7-17/h4-9,15,22H,2-3,10-14H2,1H3/t15-,22+/m1/s1. The molecule has 31 heavy (non-hydrogen) atoms. The zero-order chi connectivity index (χ0) is 22.4. The van der Waals surface area contributed by atoms with Crippen LogP contribution in [0.1, 0.15) is 30.6 Å². The molecule has 3 rings (SSSR count). The number of halogens is 3. The number of fused-ring (bicyclic) bond motifs is 1. The highest BCUT2D eigenvalue weighted by Crippen LogP contribution is 2.45. The molecular weight excluding hydrogens is 450 g/mol. The van der Waals surface area contributed by atoms with Gasteiger partial charge in [-0.05, 0) is 42.8 Å². The Bertz CT molecular complexity index is 982. The lowest BCUT2D eigenvalue weighted by Crippen LogP contribution is -2.35. The van der Waals surface area contributed by atoms with Gasteiger partial charge in [-0.1, -0.05) is 24.9 Å². The van der Waals surface area contributed by atoms with E-state index in [1.54, 1.807) is 0 Å². The van der Waals surface area contributed by atoms with Crippen molar-refractivity contribution in [2.24, 2.45) is 5.92 Å². The molecule has 1 aliphatic rings. The van der Waals surface area contributed by atoms with E-state index >= 15 is 0 Å². The van der Waals surface area contributed by atoms with Crippen molar-refractivity contribution in [2.45, 2.75) is 29.9 Å². The average Bonchev–Trinajstić information content (AvgIpc) is 2.75. The average molecular weight is 475 g/mol. The normalized spacial score (nSPS) is 18.5. The molecule has 0 unspecified atom stereocenters. The van der Waals surface area contributed by atoms with Gasteiger partial charge in [-0.3, -0.25) is 0 Å². The second-order valence-electron chi connectivity index (χ2n) is 7.30. The van der Waals surface area contributed by atoms with Gasteiger partial charge in [-0.15, -0.1) is 0 Å². The summed E-state index contributed by atoms with van der Waals surface area (Å²) in [5.41, 5.74) is -0.311. The highest BCUT2D eigenvalue weighted by molar-refractivity contribution is 7.91. The maximum Gasteiger partial charge on any atom is 0.186 e. The highest BCUT2D eigenvalue weighted by atomic mass is 35.5. The van der Waals surface area contributed by atoms with Gasteiger partial charge in [0.05, 0.1) is 36.9 Å². The predicted molar refractivity (Wildman–Crippen MR) is 113 cm³/mol. The fraction of sp³-hybridized carbons (Fsp3) is 0.455. The molecule has 9 heteroatoms. The van der Waals surface area contributed by atoms with Crippen molar-refractivity contribution in [2.75, 3.05) is 33.0 Å². The van der Waals surface area contributed by atoms with E-state index in [2.05, 4.69) is 6.92 Å². The SMILES string of the molecule is CCCCOCCOC[C@@H]1COc2c(F)ccc(F)c2[C@H]1S(=O)(=O)c1ccc(Cl)cc1. The number of hydrogen-bond donors (Lipinski definition) is 0. The summed E-state index contributed by atoms with van der Waals surface area (Å²) < 4.78 is 72.5. The van der Waals surface area contributed by atoms with Gasteiger partial charge in [0.1, 0.15) is 11.1 Å². The maximum atomic E-state index is 14.8. The number of hydrogen-bond acceptors (Lipinski definition) is 5. The molecule has 0 bridgehead atoms.